The molecule has 0 saturated heterocycles. The molecule has 0 fully saturated rings. The first kappa shape index (κ1) is 10.9. The molecule has 1 aromatic rings. The number of furan rings is 1. The normalized spacial score (nSPS) is 14.3. The van der Waals surface area contributed by atoms with Crippen LogP contribution in [0.4, 0.5) is 0 Å². The van der Waals surface area contributed by atoms with E-state index < -0.39 is 5.97 Å². The van der Waals surface area contributed by atoms with E-state index in [-0.39, 0.29) is 5.76 Å². The maximum Gasteiger partial charge on any atom is 0.342 e. The molecule has 1 aromatic heterocycles. The summed E-state index contributed by atoms with van der Waals surface area (Å²) in [6.07, 6.45) is 4.25. The number of carbonyl (C=O) groups excluding carboxylic acids is 2. The third kappa shape index (κ3) is 1.75. The monoisotopic (exact) mass is 222 g/mol. The number of rotatable bonds is 3. The molecule has 0 spiro atoms. The van der Waals surface area contributed by atoms with E-state index in [2.05, 4.69) is 0 Å². The van der Waals surface area contributed by atoms with E-state index in [0.29, 0.717) is 18.5 Å². The molecule has 0 unspecified atom stereocenters. The summed E-state index contributed by atoms with van der Waals surface area (Å²) >= 11 is 0. The number of hydrogen-bond donors (Lipinski definition) is 0. The van der Waals surface area contributed by atoms with E-state index in [4.69, 9.17) is 9.15 Å². The largest absolute Gasteiger partial charge is 0.462 e. The lowest BCUT2D eigenvalue weighted by Crippen LogP contribution is -2.10. The van der Waals surface area contributed by atoms with Gasteiger partial charge in [0.25, 0.3) is 0 Å². The minimum absolute atomic E-state index is 0.116. The van der Waals surface area contributed by atoms with E-state index in [9.17, 15) is 9.59 Å². The van der Waals surface area contributed by atoms with Gasteiger partial charge in [0.2, 0.25) is 0 Å². The molecule has 0 amide bonds. The molecular formula is C12H14O4. The van der Waals surface area contributed by atoms with E-state index in [1.165, 1.54) is 0 Å². The first-order chi connectivity index (χ1) is 7.77. The van der Waals surface area contributed by atoms with Gasteiger partial charge in [-0.3, -0.25) is 4.79 Å². The van der Waals surface area contributed by atoms with Gasteiger partial charge < -0.3 is 9.15 Å². The van der Waals surface area contributed by atoms with Crippen LogP contribution in [-0.2, 0) is 17.6 Å². The van der Waals surface area contributed by atoms with Crippen molar-refractivity contribution in [3.8, 4) is 0 Å². The first-order valence-electron chi connectivity index (χ1n) is 5.54. The molecule has 2 rings (SSSR count). The molecule has 1 heterocycles. The Kier molecular flexibility index (Phi) is 3.08. The molecular weight excluding hydrogens is 208 g/mol. The molecule has 0 saturated carbocycles. The van der Waals surface area contributed by atoms with Gasteiger partial charge in [-0.05, 0) is 26.2 Å². The van der Waals surface area contributed by atoms with Crippen molar-refractivity contribution in [2.75, 3.05) is 6.61 Å². The van der Waals surface area contributed by atoms with E-state index in [1.54, 1.807) is 6.92 Å². The summed E-state index contributed by atoms with van der Waals surface area (Å²) < 4.78 is 10.3. The van der Waals surface area contributed by atoms with Crippen molar-refractivity contribution in [1.82, 2.24) is 0 Å². The first-order valence-corrected chi connectivity index (χ1v) is 5.54. The van der Waals surface area contributed by atoms with E-state index in [0.717, 1.165) is 37.0 Å². The number of hydrogen-bond acceptors (Lipinski definition) is 4. The molecule has 0 atom stereocenters. The maximum atomic E-state index is 11.7. The second-order valence-electron chi connectivity index (χ2n) is 3.79. The third-order valence-corrected chi connectivity index (χ3v) is 2.79. The van der Waals surface area contributed by atoms with Crippen LogP contribution >= 0.6 is 0 Å². The van der Waals surface area contributed by atoms with Gasteiger partial charge in [0.1, 0.15) is 11.3 Å². The molecule has 1 aliphatic rings. The number of aryl methyl sites for hydroxylation is 1. The van der Waals surface area contributed by atoms with E-state index in [1.807, 2.05) is 0 Å². The predicted molar refractivity (Wildman–Crippen MR) is 56.7 cm³/mol. The van der Waals surface area contributed by atoms with Crippen molar-refractivity contribution in [2.45, 2.75) is 32.6 Å². The molecule has 16 heavy (non-hydrogen) atoms. The smallest absolute Gasteiger partial charge is 0.342 e. The van der Waals surface area contributed by atoms with Crippen LogP contribution in [0.2, 0.25) is 0 Å². The van der Waals surface area contributed by atoms with Crippen LogP contribution in [0.1, 0.15) is 52.0 Å². The fourth-order valence-electron chi connectivity index (χ4n) is 2.10. The SMILES string of the molecule is CCOC(=O)c1c(C=O)oc2c1CCCC2. The Morgan fingerprint density at radius 1 is 1.44 bits per heavy atom. The molecule has 0 aromatic carbocycles. The highest BCUT2D eigenvalue weighted by atomic mass is 16.5. The Bertz CT molecular complexity index is 417. The maximum absolute atomic E-state index is 11.7. The molecule has 0 N–H and O–H groups in total. The highest BCUT2D eigenvalue weighted by molar-refractivity contribution is 5.98. The van der Waals surface area contributed by atoms with Crippen LogP contribution in [0.15, 0.2) is 4.42 Å². The Morgan fingerprint density at radius 2 is 2.19 bits per heavy atom. The average Bonchev–Trinajstić information content (AvgIpc) is 2.67. The van der Waals surface area contributed by atoms with Crippen molar-refractivity contribution in [3.63, 3.8) is 0 Å². The number of aldehydes is 1. The van der Waals surface area contributed by atoms with Gasteiger partial charge in [-0.1, -0.05) is 0 Å². The third-order valence-electron chi connectivity index (χ3n) is 2.79. The number of ether oxygens (including phenoxy) is 1. The van der Waals surface area contributed by atoms with Gasteiger partial charge in [-0.2, -0.15) is 0 Å². The lowest BCUT2D eigenvalue weighted by atomic mass is 9.95. The second-order valence-corrected chi connectivity index (χ2v) is 3.79. The number of esters is 1. The summed E-state index contributed by atoms with van der Waals surface area (Å²) in [5.41, 5.74) is 1.21. The molecule has 4 nitrogen and oxygen atoms in total. The zero-order valence-electron chi connectivity index (χ0n) is 9.25. The van der Waals surface area contributed by atoms with Gasteiger partial charge in [-0.15, -0.1) is 0 Å². The van der Waals surface area contributed by atoms with Crippen LogP contribution < -0.4 is 0 Å². The Balaban J connectivity index is 2.44. The van der Waals surface area contributed by atoms with Gasteiger partial charge in [0.05, 0.1) is 6.61 Å². The Morgan fingerprint density at radius 3 is 2.88 bits per heavy atom. The standard InChI is InChI=1S/C12H14O4/c1-2-15-12(14)11-8-5-3-4-6-9(8)16-10(11)7-13/h7H,2-6H2,1H3. The minimum Gasteiger partial charge on any atom is -0.462 e. The molecule has 4 heteroatoms. The summed E-state index contributed by atoms with van der Waals surface area (Å²) in [7, 11) is 0. The van der Waals surface area contributed by atoms with Gasteiger partial charge in [0.15, 0.2) is 12.0 Å². The molecule has 0 radical (unpaired) electrons. The number of carbonyl (C=O) groups is 2. The van der Waals surface area contributed by atoms with Gasteiger partial charge in [-0.25, -0.2) is 4.79 Å². The molecule has 0 aliphatic heterocycles. The summed E-state index contributed by atoms with van der Waals surface area (Å²) in [6.45, 7) is 2.04. The van der Waals surface area contributed by atoms with Crippen LogP contribution in [0, 0.1) is 0 Å². The fraction of sp³-hybridized carbons (Fsp3) is 0.500. The lowest BCUT2D eigenvalue weighted by Gasteiger charge is -2.10. The van der Waals surface area contributed by atoms with Crippen molar-refractivity contribution in [1.29, 1.82) is 0 Å². The lowest BCUT2D eigenvalue weighted by molar-refractivity contribution is 0.0521. The van der Waals surface area contributed by atoms with Crippen LogP contribution in [0.3, 0.4) is 0 Å². The quantitative estimate of drug-likeness (QED) is 0.580. The van der Waals surface area contributed by atoms with Crippen molar-refractivity contribution in [2.24, 2.45) is 0 Å². The summed E-state index contributed by atoms with van der Waals surface area (Å²) in [5, 5.41) is 0. The van der Waals surface area contributed by atoms with Crippen LogP contribution in [0.25, 0.3) is 0 Å². The van der Waals surface area contributed by atoms with Gasteiger partial charge >= 0.3 is 5.97 Å². The molecule has 0 bridgehead atoms. The second kappa shape index (κ2) is 4.51. The van der Waals surface area contributed by atoms with Crippen molar-refractivity contribution >= 4 is 12.3 Å². The molecule has 1 aliphatic carbocycles. The van der Waals surface area contributed by atoms with E-state index >= 15 is 0 Å². The fourth-order valence-corrected chi connectivity index (χ4v) is 2.10. The summed E-state index contributed by atoms with van der Waals surface area (Å²) in [6, 6.07) is 0. The summed E-state index contributed by atoms with van der Waals surface area (Å²) in [5.74, 6) is 0.443. The summed E-state index contributed by atoms with van der Waals surface area (Å²) in [4.78, 5) is 22.6. The Labute approximate surface area is 93.6 Å². The average molecular weight is 222 g/mol. The Hall–Kier alpha value is -1.58. The highest BCUT2D eigenvalue weighted by Crippen LogP contribution is 2.29. The van der Waals surface area contributed by atoms with Gasteiger partial charge in [0, 0.05) is 12.0 Å². The van der Waals surface area contributed by atoms with Crippen molar-refractivity contribution in [3.05, 3.63) is 22.6 Å². The van der Waals surface area contributed by atoms with Crippen LogP contribution in [-0.4, -0.2) is 18.9 Å². The molecule has 86 valence electrons. The van der Waals surface area contributed by atoms with Crippen LogP contribution in [0.5, 0.6) is 0 Å². The predicted octanol–water partition coefficient (Wildman–Crippen LogP) is 2.15. The van der Waals surface area contributed by atoms with Crippen molar-refractivity contribution < 1.29 is 18.7 Å². The number of fused-ring (bicyclic) bond motifs is 1. The minimum atomic E-state index is -0.448. The zero-order valence-corrected chi connectivity index (χ0v) is 9.25. The highest BCUT2D eigenvalue weighted by Gasteiger charge is 2.27. The topological polar surface area (TPSA) is 56.5 Å². The zero-order chi connectivity index (χ0) is 11.5.